The molecule has 0 bridgehead atoms. The first-order valence-corrected chi connectivity index (χ1v) is 10.2. The Bertz CT molecular complexity index is 508. The Balaban J connectivity index is 0. The van der Waals surface area contributed by atoms with Crippen LogP contribution in [0.5, 0.6) is 0 Å². The summed E-state index contributed by atoms with van der Waals surface area (Å²) in [6.45, 7) is -0.760. The maximum atomic E-state index is 10.4. The fourth-order valence-corrected chi connectivity index (χ4v) is 3.44. The maximum absolute atomic E-state index is 10.4. The molecule has 0 aromatic heterocycles. The molecule has 0 heterocycles. The van der Waals surface area contributed by atoms with Crippen LogP contribution in [0.2, 0.25) is 0 Å². The first-order chi connectivity index (χ1) is 11.0. The lowest BCUT2D eigenvalue weighted by Crippen LogP contribution is -2.46. The zero-order chi connectivity index (χ0) is 20.6. The Morgan fingerprint density at radius 1 is 0.800 bits per heavy atom. The van der Waals surface area contributed by atoms with E-state index in [1.54, 1.807) is 0 Å². The van der Waals surface area contributed by atoms with E-state index in [-0.39, 0.29) is 6.29 Å². The summed E-state index contributed by atoms with van der Waals surface area (Å²) in [7, 11) is -16.2. The molecule has 25 heavy (non-hydrogen) atoms. The highest BCUT2D eigenvalue weighted by molar-refractivity contribution is 7.66. The fourth-order valence-electron chi connectivity index (χ4n) is 0.902. The van der Waals surface area contributed by atoms with Gasteiger partial charge >= 0.3 is 23.5 Å². The van der Waals surface area contributed by atoms with Gasteiger partial charge in [-0.2, -0.15) is 8.62 Å². The van der Waals surface area contributed by atoms with E-state index in [0.29, 0.717) is 0 Å². The number of rotatable bonds is 9. The summed E-state index contributed by atoms with van der Waals surface area (Å²) >= 11 is 0. The third-order valence-electron chi connectivity index (χ3n) is 1.84. The number of hydrogen-bond acceptors (Lipinski definition) is 11. The molecule has 10 N–H and O–H groups in total. The fraction of sp³-hybridized carbons (Fsp3) is 0.833. The number of aliphatic hydroxyl groups excluding tert-OH is 5. The number of carbonyl (C=O) groups excluding carboxylic acids is 1. The van der Waals surface area contributed by atoms with Crippen LogP contribution in [0.1, 0.15) is 0 Å². The molecule has 0 aliphatic carbocycles. The lowest BCUT2D eigenvalue weighted by atomic mass is 10.0. The minimum absolute atomic E-state index is 0.0258. The summed E-state index contributed by atoms with van der Waals surface area (Å²) in [5.41, 5.74) is 0. The number of hydrogen-bond donors (Lipinski definition) is 10. The van der Waals surface area contributed by atoms with E-state index < -0.39 is 54.5 Å². The largest absolute Gasteiger partial charge is 0.490 e. The van der Waals surface area contributed by atoms with Crippen LogP contribution in [-0.2, 0) is 27.1 Å². The summed E-state index contributed by atoms with van der Waals surface area (Å²) in [4.78, 5) is 50.1. The molecular formula is C6H17O16P3. The summed E-state index contributed by atoms with van der Waals surface area (Å²) in [6.07, 6.45) is -6.84. The van der Waals surface area contributed by atoms with Gasteiger partial charge in [-0.1, -0.05) is 0 Å². The molecule has 4 unspecified atom stereocenters. The zero-order valence-electron chi connectivity index (χ0n) is 11.9. The van der Waals surface area contributed by atoms with E-state index in [4.69, 9.17) is 50.0 Å². The first kappa shape index (κ1) is 27.1. The molecule has 19 heteroatoms. The second-order valence-corrected chi connectivity index (χ2v) is 8.18. The second kappa shape index (κ2) is 10.9. The van der Waals surface area contributed by atoms with Gasteiger partial charge in [0.15, 0.2) is 6.29 Å². The van der Waals surface area contributed by atoms with Crippen molar-refractivity contribution in [3.63, 3.8) is 0 Å². The van der Waals surface area contributed by atoms with Crippen LogP contribution in [-0.4, -0.2) is 87.3 Å². The van der Waals surface area contributed by atoms with Gasteiger partial charge < -0.3 is 54.8 Å². The van der Waals surface area contributed by atoms with Crippen molar-refractivity contribution in [1.29, 1.82) is 0 Å². The molecule has 0 amide bonds. The summed E-state index contributed by atoms with van der Waals surface area (Å²) in [5, 5.41) is 43.5. The molecule has 16 nitrogen and oxygen atoms in total. The first-order valence-electron chi connectivity index (χ1n) is 5.60. The molecular weight excluding hydrogens is 421 g/mol. The van der Waals surface area contributed by atoms with Crippen LogP contribution in [0.25, 0.3) is 0 Å². The monoisotopic (exact) mass is 438 g/mol. The van der Waals surface area contributed by atoms with Crippen molar-refractivity contribution in [3.8, 4) is 0 Å². The molecule has 0 radical (unpaired) electrons. The van der Waals surface area contributed by atoms with E-state index in [2.05, 4.69) is 8.62 Å². The van der Waals surface area contributed by atoms with Crippen LogP contribution >= 0.6 is 23.5 Å². The minimum Gasteiger partial charge on any atom is -0.394 e. The van der Waals surface area contributed by atoms with Gasteiger partial charge in [0.05, 0.1) is 6.61 Å². The Labute approximate surface area is 139 Å². The number of aliphatic hydroxyl groups is 5. The third-order valence-corrected chi connectivity index (χ3v) is 5.19. The van der Waals surface area contributed by atoms with Crippen molar-refractivity contribution >= 4 is 29.8 Å². The lowest BCUT2D eigenvalue weighted by molar-refractivity contribution is -0.136. The van der Waals surface area contributed by atoms with Crippen LogP contribution in [0.15, 0.2) is 0 Å². The number of phosphoric acid groups is 3. The molecule has 0 aliphatic rings. The average molecular weight is 438 g/mol. The molecule has 0 rings (SSSR count). The van der Waals surface area contributed by atoms with Crippen LogP contribution in [0.4, 0.5) is 0 Å². The normalized spacial score (nSPS) is 17.7. The standard InChI is InChI=1S/C6H12O6.H5O10P3/c7-1-3(9)5(11)6(12)4(10)2-8;1-11(2,3)9-13(7,8)10-12(4,5)6/h1,3-6,8-12H,2H2;(H,7,8)(H2,1,2,3)(H2,4,5,6). The van der Waals surface area contributed by atoms with E-state index in [1.165, 1.54) is 0 Å². The average Bonchev–Trinajstić information content (AvgIpc) is 2.39. The minimum atomic E-state index is -5.46. The Morgan fingerprint density at radius 2 is 1.16 bits per heavy atom. The molecule has 0 aromatic rings. The molecule has 0 saturated carbocycles. The molecule has 4 atom stereocenters. The predicted octanol–water partition coefficient (Wildman–Crippen LogP) is -4.07. The molecule has 0 spiro atoms. The van der Waals surface area contributed by atoms with Crippen molar-refractivity contribution in [2.45, 2.75) is 24.4 Å². The van der Waals surface area contributed by atoms with Crippen molar-refractivity contribution < 1.29 is 77.1 Å². The number of carbonyl (C=O) groups is 1. The molecule has 0 saturated heterocycles. The van der Waals surface area contributed by atoms with Gasteiger partial charge in [0.1, 0.15) is 24.4 Å². The van der Waals surface area contributed by atoms with Crippen molar-refractivity contribution in [2.24, 2.45) is 0 Å². The highest BCUT2D eigenvalue weighted by Gasteiger charge is 2.38. The van der Waals surface area contributed by atoms with E-state index >= 15 is 0 Å². The van der Waals surface area contributed by atoms with E-state index in [1.807, 2.05) is 0 Å². The molecule has 0 fully saturated rings. The van der Waals surface area contributed by atoms with Crippen molar-refractivity contribution in [3.05, 3.63) is 0 Å². The summed E-state index contributed by atoms with van der Waals surface area (Å²) in [6, 6.07) is 0. The Hall–Kier alpha value is -0.120. The Morgan fingerprint density at radius 3 is 1.40 bits per heavy atom. The molecule has 0 aliphatic heterocycles. The summed E-state index contributed by atoms with van der Waals surface area (Å²) in [5.74, 6) is 0. The lowest BCUT2D eigenvalue weighted by Gasteiger charge is -2.22. The highest BCUT2D eigenvalue weighted by atomic mass is 31.3. The predicted molar refractivity (Wildman–Crippen MR) is 73.3 cm³/mol. The van der Waals surface area contributed by atoms with Gasteiger partial charge in [0, 0.05) is 0 Å². The van der Waals surface area contributed by atoms with Gasteiger partial charge in [-0.05, 0) is 0 Å². The second-order valence-electron chi connectivity index (χ2n) is 3.97. The van der Waals surface area contributed by atoms with Crippen molar-refractivity contribution in [2.75, 3.05) is 6.61 Å². The van der Waals surface area contributed by atoms with Gasteiger partial charge in [0.2, 0.25) is 0 Å². The number of aldehydes is 1. The quantitative estimate of drug-likeness (QED) is 0.121. The zero-order valence-corrected chi connectivity index (χ0v) is 14.5. The van der Waals surface area contributed by atoms with Gasteiger partial charge in [-0.3, -0.25) is 0 Å². The molecule has 152 valence electrons. The third kappa shape index (κ3) is 14.7. The van der Waals surface area contributed by atoms with Gasteiger partial charge in [-0.25, -0.2) is 13.7 Å². The van der Waals surface area contributed by atoms with E-state index in [9.17, 15) is 18.5 Å². The van der Waals surface area contributed by atoms with E-state index in [0.717, 1.165) is 0 Å². The van der Waals surface area contributed by atoms with Crippen LogP contribution in [0.3, 0.4) is 0 Å². The maximum Gasteiger partial charge on any atom is 0.490 e. The van der Waals surface area contributed by atoms with Crippen LogP contribution in [0, 0.1) is 0 Å². The topological polar surface area (TPSA) is 289 Å². The van der Waals surface area contributed by atoms with Crippen molar-refractivity contribution in [1.82, 2.24) is 0 Å². The smallest absolute Gasteiger partial charge is 0.394 e. The van der Waals surface area contributed by atoms with Crippen LogP contribution < -0.4 is 0 Å². The molecule has 0 aromatic carbocycles. The van der Waals surface area contributed by atoms with Gasteiger partial charge in [0.25, 0.3) is 0 Å². The highest BCUT2D eigenvalue weighted by Crippen LogP contribution is 2.64. The van der Waals surface area contributed by atoms with Gasteiger partial charge in [-0.15, -0.1) is 0 Å². The SMILES string of the molecule is O=CC(O)C(O)C(O)C(O)CO.O=P(O)(O)OP(=O)(O)OP(=O)(O)O. The summed E-state index contributed by atoms with van der Waals surface area (Å²) < 4.78 is 36.4. The Kier molecular flexibility index (Phi) is 11.8.